The largest absolute Gasteiger partial charge is 0.336 e. The van der Waals surface area contributed by atoms with Crippen molar-refractivity contribution in [2.75, 3.05) is 6.54 Å². The molecule has 0 aliphatic carbocycles. The molecular formula is C15H15ClF2N4O. The molecule has 0 bridgehead atoms. The lowest BCUT2D eigenvalue weighted by Crippen LogP contribution is -2.38. The zero-order valence-corrected chi connectivity index (χ0v) is 13.2. The van der Waals surface area contributed by atoms with Gasteiger partial charge in [-0.3, -0.25) is 14.5 Å². The first-order valence-corrected chi connectivity index (χ1v) is 7.55. The van der Waals surface area contributed by atoms with E-state index < -0.39 is 6.43 Å². The maximum absolute atomic E-state index is 12.7. The minimum absolute atomic E-state index is 0.0537. The monoisotopic (exact) mass is 340 g/mol. The number of rotatable bonds is 3. The number of carbonyl (C=O) groups is 1. The maximum Gasteiger partial charge on any atom is 0.282 e. The van der Waals surface area contributed by atoms with Crippen molar-refractivity contribution in [3.8, 4) is 0 Å². The Morgan fingerprint density at radius 3 is 2.91 bits per heavy atom. The lowest BCUT2D eigenvalue weighted by molar-refractivity contribution is -0.133. The van der Waals surface area contributed by atoms with E-state index in [0.717, 1.165) is 11.3 Å². The summed E-state index contributed by atoms with van der Waals surface area (Å²) in [7, 11) is 0. The second kappa shape index (κ2) is 6.23. The molecule has 8 heteroatoms. The molecule has 0 N–H and O–H groups in total. The zero-order chi connectivity index (χ0) is 16.6. The number of hydrogen-bond acceptors (Lipinski definition) is 3. The summed E-state index contributed by atoms with van der Waals surface area (Å²) in [5, 5.41) is 4.32. The molecule has 0 saturated heterocycles. The van der Waals surface area contributed by atoms with Crippen LogP contribution in [0.25, 0.3) is 0 Å². The molecule has 2 aromatic heterocycles. The molecule has 1 aliphatic rings. The van der Waals surface area contributed by atoms with Gasteiger partial charge < -0.3 is 4.90 Å². The topological polar surface area (TPSA) is 51.0 Å². The number of pyridine rings is 1. The molecule has 2 aromatic rings. The molecule has 0 spiro atoms. The van der Waals surface area contributed by atoms with Gasteiger partial charge in [-0.25, -0.2) is 8.78 Å². The quantitative estimate of drug-likeness (QED) is 0.863. The Bertz CT molecular complexity index is 747. The van der Waals surface area contributed by atoms with Crippen molar-refractivity contribution in [1.82, 2.24) is 19.7 Å². The minimum Gasteiger partial charge on any atom is -0.336 e. The fourth-order valence-corrected chi connectivity index (χ4v) is 2.82. The molecule has 0 atom stereocenters. The van der Waals surface area contributed by atoms with E-state index in [1.807, 2.05) is 0 Å². The number of halogens is 3. The summed E-state index contributed by atoms with van der Waals surface area (Å²) in [6.45, 7) is 2.56. The van der Waals surface area contributed by atoms with Crippen LogP contribution in [0.4, 0.5) is 8.78 Å². The molecule has 122 valence electrons. The molecule has 5 nitrogen and oxygen atoms in total. The molecule has 0 saturated carbocycles. The van der Waals surface area contributed by atoms with Crippen LogP contribution in [0.2, 0.25) is 5.02 Å². The molecule has 0 radical (unpaired) electrons. The van der Waals surface area contributed by atoms with Crippen LogP contribution in [0.5, 0.6) is 0 Å². The number of carbonyl (C=O) groups excluding carboxylic acids is 1. The van der Waals surface area contributed by atoms with Crippen LogP contribution in [0.1, 0.15) is 29.1 Å². The van der Waals surface area contributed by atoms with Gasteiger partial charge in [0, 0.05) is 37.1 Å². The van der Waals surface area contributed by atoms with Crippen molar-refractivity contribution in [1.29, 1.82) is 0 Å². The molecule has 0 unspecified atom stereocenters. The first kappa shape index (κ1) is 15.9. The third-order valence-corrected chi connectivity index (χ3v) is 4.07. The van der Waals surface area contributed by atoms with Crippen molar-refractivity contribution in [2.24, 2.45) is 0 Å². The smallest absolute Gasteiger partial charge is 0.282 e. The second-order valence-electron chi connectivity index (χ2n) is 5.49. The Morgan fingerprint density at radius 1 is 1.43 bits per heavy atom. The van der Waals surface area contributed by atoms with Gasteiger partial charge in [0.1, 0.15) is 12.2 Å². The standard InChI is InChI=1S/C15H15ClF2N4O/c1-9-4-13(15(17)18)20-22(9)8-14(23)21-3-2-12-10(7-21)5-11(16)6-19-12/h4-6,15H,2-3,7-8H2,1H3. The van der Waals surface area contributed by atoms with Crippen molar-refractivity contribution in [3.05, 3.63) is 46.0 Å². The van der Waals surface area contributed by atoms with Crippen LogP contribution in [0.3, 0.4) is 0 Å². The minimum atomic E-state index is -2.64. The van der Waals surface area contributed by atoms with Gasteiger partial charge in [0.15, 0.2) is 0 Å². The first-order chi connectivity index (χ1) is 10.9. The maximum atomic E-state index is 12.7. The predicted molar refractivity (Wildman–Crippen MR) is 80.3 cm³/mol. The molecule has 1 aliphatic heterocycles. The van der Waals surface area contributed by atoms with Crippen molar-refractivity contribution in [3.63, 3.8) is 0 Å². The summed E-state index contributed by atoms with van der Waals surface area (Å²) in [5.41, 5.74) is 2.09. The summed E-state index contributed by atoms with van der Waals surface area (Å²) >= 11 is 5.94. The molecule has 0 fully saturated rings. The number of aromatic nitrogens is 3. The van der Waals surface area contributed by atoms with Crippen LogP contribution in [-0.2, 0) is 24.3 Å². The highest BCUT2D eigenvalue weighted by Crippen LogP contribution is 2.21. The Balaban J connectivity index is 1.72. The number of amides is 1. The van der Waals surface area contributed by atoms with E-state index in [4.69, 9.17) is 11.6 Å². The van der Waals surface area contributed by atoms with Crippen molar-refractivity contribution in [2.45, 2.75) is 32.9 Å². The van der Waals surface area contributed by atoms with Gasteiger partial charge in [0.05, 0.1) is 5.02 Å². The molecule has 0 aromatic carbocycles. The Kier molecular flexibility index (Phi) is 4.30. The van der Waals surface area contributed by atoms with E-state index in [2.05, 4.69) is 10.1 Å². The molecule has 23 heavy (non-hydrogen) atoms. The first-order valence-electron chi connectivity index (χ1n) is 7.17. The predicted octanol–water partition coefficient (Wildman–Crippen LogP) is 2.76. The summed E-state index contributed by atoms with van der Waals surface area (Å²) in [6, 6.07) is 3.10. The van der Waals surface area contributed by atoms with Crippen LogP contribution in [0, 0.1) is 6.92 Å². The second-order valence-corrected chi connectivity index (χ2v) is 5.93. The van der Waals surface area contributed by atoms with E-state index >= 15 is 0 Å². The number of hydrogen-bond donors (Lipinski definition) is 0. The third kappa shape index (κ3) is 3.34. The van der Waals surface area contributed by atoms with Crippen LogP contribution >= 0.6 is 11.6 Å². The molecule has 3 rings (SSSR count). The van der Waals surface area contributed by atoms with E-state index in [1.165, 1.54) is 10.7 Å². The fraction of sp³-hybridized carbons (Fsp3) is 0.400. The van der Waals surface area contributed by atoms with E-state index in [-0.39, 0.29) is 18.1 Å². The lowest BCUT2D eigenvalue weighted by atomic mass is 10.1. The third-order valence-electron chi connectivity index (χ3n) is 3.87. The summed E-state index contributed by atoms with van der Waals surface area (Å²) < 4.78 is 26.6. The highest BCUT2D eigenvalue weighted by molar-refractivity contribution is 6.30. The number of nitrogens with zero attached hydrogens (tertiary/aromatic N) is 4. The van der Waals surface area contributed by atoms with Gasteiger partial charge >= 0.3 is 0 Å². The highest BCUT2D eigenvalue weighted by Gasteiger charge is 2.23. The SMILES string of the molecule is Cc1cc(C(F)F)nn1CC(=O)N1CCc2ncc(Cl)cc2C1. The van der Waals surface area contributed by atoms with Gasteiger partial charge in [0.25, 0.3) is 6.43 Å². The zero-order valence-electron chi connectivity index (χ0n) is 12.5. The van der Waals surface area contributed by atoms with Gasteiger partial charge in [-0.2, -0.15) is 5.10 Å². The average Bonchev–Trinajstić information content (AvgIpc) is 2.87. The molecule has 3 heterocycles. The van der Waals surface area contributed by atoms with Gasteiger partial charge in [0.2, 0.25) is 5.91 Å². The average molecular weight is 341 g/mol. The van der Waals surface area contributed by atoms with Crippen molar-refractivity contribution < 1.29 is 13.6 Å². The van der Waals surface area contributed by atoms with Crippen LogP contribution in [-0.4, -0.2) is 32.1 Å². The Morgan fingerprint density at radius 2 is 2.22 bits per heavy atom. The van der Waals surface area contributed by atoms with Crippen molar-refractivity contribution >= 4 is 17.5 Å². The van der Waals surface area contributed by atoms with Gasteiger partial charge in [-0.05, 0) is 24.6 Å². The van der Waals surface area contributed by atoms with E-state index in [1.54, 1.807) is 24.1 Å². The van der Waals surface area contributed by atoms with Crippen LogP contribution in [0.15, 0.2) is 18.3 Å². The Hall–Kier alpha value is -2.02. The van der Waals surface area contributed by atoms with Crippen LogP contribution < -0.4 is 0 Å². The fourth-order valence-electron chi connectivity index (χ4n) is 2.64. The summed E-state index contributed by atoms with van der Waals surface area (Å²) in [5.74, 6) is -0.164. The molecule has 1 amide bonds. The number of alkyl halides is 2. The summed E-state index contributed by atoms with van der Waals surface area (Å²) in [6.07, 6.45) is -0.393. The van der Waals surface area contributed by atoms with Gasteiger partial charge in [-0.15, -0.1) is 0 Å². The van der Waals surface area contributed by atoms with E-state index in [0.29, 0.717) is 30.2 Å². The lowest BCUT2D eigenvalue weighted by Gasteiger charge is -2.28. The Labute approximate surface area is 136 Å². The highest BCUT2D eigenvalue weighted by atomic mass is 35.5. The normalized spacial score (nSPS) is 14.2. The molecular weight excluding hydrogens is 326 g/mol. The summed E-state index contributed by atoms with van der Waals surface area (Å²) in [4.78, 5) is 18.4. The number of fused-ring (bicyclic) bond motifs is 1. The van der Waals surface area contributed by atoms with E-state index in [9.17, 15) is 13.6 Å². The van der Waals surface area contributed by atoms with Gasteiger partial charge in [-0.1, -0.05) is 11.6 Å². The number of aryl methyl sites for hydroxylation is 1.